The quantitative estimate of drug-likeness (QED) is 0.905. The minimum absolute atomic E-state index is 0.168. The van der Waals surface area contributed by atoms with Crippen molar-refractivity contribution in [2.24, 2.45) is 11.8 Å². The molecule has 1 heterocycles. The largest absolute Gasteiger partial charge is 0.385 e. The number of benzene rings is 1. The average molecular weight is 260 g/mol. The minimum atomic E-state index is 0.168. The molecule has 3 heteroatoms. The van der Waals surface area contributed by atoms with Crippen molar-refractivity contribution in [3.63, 3.8) is 0 Å². The van der Waals surface area contributed by atoms with Crippen LogP contribution in [0.4, 0.5) is 5.69 Å². The summed E-state index contributed by atoms with van der Waals surface area (Å²) < 4.78 is 0. The van der Waals surface area contributed by atoms with Crippen LogP contribution in [0.5, 0.6) is 0 Å². The molecule has 2 rings (SSSR count). The van der Waals surface area contributed by atoms with Gasteiger partial charge in [-0.3, -0.25) is 4.79 Å². The SMILES string of the molecule is CCNc1ccc(C(=O)N2CCC(C)C(C)C2)cc1. The molecular weight excluding hydrogens is 236 g/mol. The maximum atomic E-state index is 12.4. The molecule has 3 nitrogen and oxygen atoms in total. The van der Waals surface area contributed by atoms with Gasteiger partial charge in [-0.2, -0.15) is 0 Å². The highest BCUT2D eigenvalue weighted by atomic mass is 16.2. The van der Waals surface area contributed by atoms with Gasteiger partial charge in [0.15, 0.2) is 0 Å². The standard InChI is InChI=1S/C16H24N2O/c1-4-17-15-7-5-14(6-8-15)16(19)18-10-9-12(2)13(3)11-18/h5-8,12-13,17H,4,9-11H2,1-3H3. The lowest BCUT2D eigenvalue weighted by molar-refractivity contribution is 0.0627. The first-order valence-corrected chi connectivity index (χ1v) is 7.25. The van der Waals surface area contributed by atoms with E-state index >= 15 is 0 Å². The second-order valence-electron chi connectivity index (χ2n) is 5.60. The average Bonchev–Trinajstić information content (AvgIpc) is 2.42. The Bertz CT molecular complexity index is 427. The Morgan fingerprint density at radius 1 is 1.26 bits per heavy atom. The minimum Gasteiger partial charge on any atom is -0.385 e. The number of nitrogens with zero attached hydrogens (tertiary/aromatic N) is 1. The van der Waals surface area contributed by atoms with E-state index in [0.29, 0.717) is 5.92 Å². The summed E-state index contributed by atoms with van der Waals surface area (Å²) in [4.78, 5) is 14.4. The Kier molecular flexibility index (Phi) is 4.46. The first-order chi connectivity index (χ1) is 9.11. The Morgan fingerprint density at radius 3 is 2.53 bits per heavy atom. The Morgan fingerprint density at radius 2 is 1.95 bits per heavy atom. The molecule has 1 aromatic rings. The normalized spacial score (nSPS) is 23.2. The maximum absolute atomic E-state index is 12.4. The molecule has 1 amide bonds. The molecular formula is C16H24N2O. The molecule has 0 spiro atoms. The lowest BCUT2D eigenvalue weighted by atomic mass is 9.88. The number of hydrogen-bond acceptors (Lipinski definition) is 2. The summed E-state index contributed by atoms with van der Waals surface area (Å²) in [5.74, 6) is 1.49. The van der Waals surface area contributed by atoms with Gasteiger partial charge < -0.3 is 10.2 Å². The van der Waals surface area contributed by atoms with Crippen molar-refractivity contribution in [2.45, 2.75) is 27.2 Å². The van der Waals surface area contributed by atoms with Gasteiger partial charge in [-0.25, -0.2) is 0 Å². The van der Waals surface area contributed by atoms with Crippen molar-refractivity contribution in [3.8, 4) is 0 Å². The molecule has 1 aliphatic heterocycles. The van der Waals surface area contributed by atoms with Gasteiger partial charge in [0.2, 0.25) is 0 Å². The van der Waals surface area contributed by atoms with Crippen LogP contribution in [0.15, 0.2) is 24.3 Å². The number of carbonyl (C=O) groups excluding carboxylic acids is 1. The molecule has 1 N–H and O–H groups in total. The zero-order valence-corrected chi connectivity index (χ0v) is 12.1. The molecule has 1 aliphatic rings. The summed E-state index contributed by atoms with van der Waals surface area (Å²) in [6.45, 7) is 9.24. The molecule has 0 aliphatic carbocycles. The summed E-state index contributed by atoms with van der Waals surface area (Å²) >= 11 is 0. The van der Waals surface area contributed by atoms with Crippen LogP contribution in [-0.2, 0) is 0 Å². The van der Waals surface area contributed by atoms with Gasteiger partial charge in [-0.15, -0.1) is 0 Å². The molecule has 1 aromatic carbocycles. The van der Waals surface area contributed by atoms with Crippen LogP contribution in [-0.4, -0.2) is 30.4 Å². The van der Waals surface area contributed by atoms with E-state index in [1.54, 1.807) is 0 Å². The van der Waals surface area contributed by atoms with E-state index in [9.17, 15) is 4.79 Å². The number of nitrogens with one attached hydrogen (secondary N) is 1. The Hall–Kier alpha value is -1.51. The first-order valence-electron chi connectivity index (χ1n) is 7.25. The molecule has 0 saturated carbocycles. The summed E-state index contributed by atoms with van der Waals surface area (Å²) in [6.07, 6.45) is 1.11. The van der Waals surface area contributed by atoms with Crippen molar-refractivity contribution < 1.29 is 4.79 Å². The topological polar surface area (TPSA) is 32.3 Å². The van der Waals surface area contributed by atoms with E-state index in [4.69, 9.17) is 0 Å². The second-order valence-corrected chi connectivity index (χ2v) is 5.60. The van der Waals surface area contributed by atoms with E-state index in [1.165, 1.54) is 0 Å². The molecule has 1 fully saturated rings. The molecule has 104 valence electrons. The van der Waals surface area contributed by atoms with Crippen LogP contribution in [0.1, 0.15) is 37.6 Å². The van der Waals surface area contributed by atoms with Gasteiger partial charge in [0, 0.05) is 30.9 Å². The Labute approximate surface area is 116 Å². The van der Waals surface area contributed by atoms with E-state index in [1.807, 2.05) is 29.2 Å². The van der Waals surface area contributed by atoms with E-state index in [-0.39, 0.29) is 5.91 Å². The van der Waals surface area contributed by atoms with Crippen molar-refractivity contribution in [1.29, 1.82) is 0 Å². The predicted octanol–water partition coefficient (Wildman–Crippen LogP) is 3.24. The van der Waals surface area contributed by atoms with Crippen molar-refractivity contribution in [2.75, 3.05) is 25.0 Å². The maximum Gasteiger partial charge on any atom is 0.253 e. The highest BCUT2D eigenvalue weighted by Crippen LogP contribution is 2.24. The van der Waals surface area contributed by atoms with Crippen LogP contribution in [0.2, 0.25) is 0 Å². The summed E-state index contributed by atoms with van der Waals surface area (Å²) in [5.41, 5.74) is 1.86. The summed E-state index contributed by atoms with van der Waals surface area (Å²) in [7, 11) is 0. The van der Waals surface area contributed by atoms with Crippen molar-refractivity contribution in [1.82, 2.24) is 4.90 Å². The molecule has 2 unspecified atom stereocenters. The highest BCUT2D eigenvalue weighted by molar-refractivity contribution is 5.94. The number of likely N-dealkylation sites (tertiary alicyclic amines) is 1. The first kappa shape index (κ1) is 13.9. The van der Waals surface area contributed by atoms with Gasteiger partial charge in [-0.1, -0.05) is 13.8 Å². The van der Waals surface area contributed by atoms with E-state index < -0.39 is 0 Å². The van der Waals surface area contributed by atoms with Gasteiger partial charge in [0.1, 0.15) is 0 Å². The molecule has 2 atom stereocenters. The number of piperidine rings is 1. The monoisotopic (exact) mass is 260 g/mol. The van der Waals surface area contributed by atoms with Crippen LogP contribution >= 0.6 is 0 Å². The molecule has 0 aromatic heterocycles. The number of rotatable bonds is 3. The van der Waals surface area contributed by atoms with E-state index in [2.05, 4.69) is 26.1 Å². The van der Waals surface area contributed by atoms with Crippen molar-refractivity contribution in [3.05, 3.63) is 29.8 Å². The van der Waals surface area contributed by atoms with Gasteiger partial charge >= 0.3 is 0 Å². The molecule has 0 bridgehead atoms. The number of carbonyl (C=O) groups is 1. The molecule has 0 radical (unpaired) electrons. The second kappa shape index (κ2) is 6.09. The fourth-order valence-corrected chi connectivity index (χ4v) is 2.56. The van der Waals surface area contributed by atoms with Crippen molar-refractivity contribution >= 4 is 11.6 Å². The summed E-state index contributed by atoms with van der Waals surface area (Å²) in [6, 6.07) is 7.80. The highest BCUT2D eigenvalue weighted by Gasteiger charge is 2.26. The zero-order valence-electron chi connectivity index (χ0n) is 12.1. The van der Waals surface area contributed by atoms with Gasteiger partial charge in [-0.05, 0) is 49.4 Å². The number of amides is 1. The van der Waals surface area contributed by atoms with Crippen LogP contribution in [0.3, 0.4) is 0 Å². The molecule has 1 saturated heterocycles. The fraction of sp³-hybridized carbons (Fsp3) is 0.562. The van der Waals surface area contributed by atoms with Gasteiger partial charge in [0.25, 0.3) is 5.91 Å². The fourth-order valence-electron chi connectivity index (χ4n) is 2.56. The van der Waals surface area contributed by atoms with Crippen LogP contribution in [0.25, 0.3) is 0 Å². The zero-order chi connectivity index (χ0) is 13.8. The third-order valence-corrected chi connectivity index (χ3v) is 4.13. The van der Waals surface area contributed by atoms with E-state index in [0.717, 1.165) is 43.2 Å². The van der Waals surface area contributed by atoms with Gasteiger partial charge in [0.05, 0.1) is 0 Å². The van der Waals surface area contributed by atoms with Crippen LogP contribution < -0.4 is 5.32 Å². The molecule has 19 heavy (non-hydrogen) atoms. The predicted molar refractivity (Wildman–Crippen MR) is 79.5 cm³/mol. The smallest absolute Gasteiger partial charge is 0.253 e. The lowest BCUT2D eigenvalue weighted by Gasteiger charge is -2.35. The van der Waals surface area contributed by atoms with Crippen LogP contribution in [0, 0.1) is 11.8 Å². The lowest BCUT2D eigenvalue weighted by Crippen LogP contribution is -2.42. The number of hydrogen-bond donors (Lipinski definition) is 1. The third kappa shape index (κ3) is 3.28. The number of anilines is 1. The third-order valence-electron chi connectivity index (χ3n) is 4.13. The Balaban J connectivity index is 2.03. The summed E-state index contributed by atoms with van der Waals surface area (Å²) in [5, 5.41) is 3.24.